The number of nitrogens with zero attached hydrogens (tertiary/aromatic N) is 2. The number of hydrogen-bond acceptors (Lipinski definition) is 4. The minimum atomic E-state index is -0.743. The molecule has 1 aromatic carbocycles. The summed E-state index contributed by atoms with van der Waals surface area (Å²) in [6.07, 6.45) is 5.86. The molecule has 146 valence electrons. The van der Waals surface area contributed by atoms with E-state index in [1.165, 1.54) is 30.7 Å². The number of rotatable bonds is 5. The predicted octanol–water partition coefficient (Wildman–Crippen LogP) is 3.54. The van der Waals surface area contributed by atoms with Crippen molar-refractivity contribution in [2.45, 2.75) is 12.8 Å². The van der Waals surface area contributed by atoms with Gasteiger partial charge in [-0.3, -0.25) is 14.6 Å². The second-order valence-electron chi connectivity index (χ2n) is 6.80. The number of nitrogens with one attached hydrogen (secondary N) is 1. The van der Waals surface area contributed by atoms with Gasteiger partial charge in [0.15, 0.2) is 0 Å². The van der Waals surface area contributed by atoms with Crippen molar-refractivity contribution in [3.8, 4) is 22.3 Å². The first-order valence-corrected chi connectivity index (χ1v) is 8.94. The summed E-state index contributed by atoms with van der Waals surface area (Å²) >= 11 is 0. The molecule has 0 aliphatic heterocycles. The molecule has 0 saturated heterocycles. The zero-order chi connectivity index (χ0) is 20.5. The third kappa shape index (κ3) is 3.82. The highest BCUT2D eigenvalue weighted by Crippen LogP contribution is 2.35. The van der Waals surface area contributed by atoms with E-state index in [0.29, 0.717) is 16.7 Å². The van der Waals surface area contributed by atoms with Crippen molar-refractivity contribution in [1.82, 2.24) is 9.97 Å². The maximum atomic E-state index is 14.2. The molecule has 1 aliphatic rings. The van der Waals surface area contributed by atoms with Gasteiger partial charge in [0.05, 0.1) is 5.56 Å². The minimum absolute atomic E-state index is 0.0698. The first-order chi connectivity index (χ1) is 13.9. The van der Waals surface area contributed by atoms with Gasteiger partial charge in [-0.1, -0.05) is 0 Å². The number of carbonyl (C=O) groups is 2. The highest BCUT2D eigenvalue weighted by molar-refractivity contribution is 6.05. The van der Waals surface area contributed by atoms with Gasteiger partial charge in [0.2, 0.25) is 11.8 Å². The fourth-order valence-electron chi connectivity index (χ4n) is 3.07. The monoisotopic (exact) mass is 394 g/mol. The van der Waals surface area contributed by atoms with Crippen LogP contribution in [0.5, 0.6) is 0 Å². The Labute approximate surface area is 164 Å². The van der Waals surface area contributed by atoms with Crippen molar-refractivity contribution < 1.29 is 18.4 Å². The lowest BCUT2D eigenvalue weighted by Gasteiger charge is -2.14. The van der Waals surface area contributed by atoms with Gasteiger partial charge >= 0.3 is 0 Å². The summed E-state index contributed by atoms with van der Waals surface area (Å²) in [5.41, 5.74) is 6.89. The summed E-state index contributed by atoms with van der Waals surface area (Å²) in [6, 6.07) is 6.25. The lowest BCUT2D eigenvalue weighted by molar-refractivity contribution is -0.117. The Hall–Kier alpha value is -3.68. The minimum Gasteiger partial charge on any atom is -0.366 e. The molecule has 3 N–H and O–H groups in total. The van der Waals surface area contributed by atoms with Crippen molar-refractivity contribution in [2.24, 2.45) is 11.7 Å². The van der Waals surface area contributed by atoms with E-state index in [1.807, 2.05) is 0 Å². The summed E-state index contributed by atoms with van der Waals surface area (Å²) in [5.74, 6) is -2.22. The molecule has 2 heterocycles. The van der Waals surface area contributed by atoms with Crippen LogP contribution in [0.2, 0.25) is 0 Å². The molecule has 29 heavy (non-hydrogen) atoms. The first-order valence-electron chi connectivity index (χ1n) is 8.94. The lowest BCUT2D eigenvalue weighted by Crippen LogP contribution is -2.18. The van der Waals surface area contributed by atoms with Crippen LogP contribution in [-0.2, 0) is 4.79 Å². The molecule has 3 aromatic rings. The Bertz CT molecular complexity index is 1130. The Morgan fingerprint density at radius 1 is 1.07 bits per heavy atom. The molecule has 0 bridgehead atoms. The van der Waals surface area contributed by atoms with E-state index in [4.69, 9.17) is 5.73 Å². The van der Waals surface area contributed by atoms with Gasteiger partial charge < -0.3 is 11.1 Å². The molecule has 0 spiro atoms. The average Bonchev–Trinajstić information content (AvgIpc) is 3.53. The van der Waals surface area contributed by atoms with Crippen LogP contribution >= 0.6 is 0 Å². The second kappa shape index (κ2) is 7.38. The van der Waals surface area contributed by atoms with Gasteiger partial charge in [0, 0.05) is 52.8 Å². The zero-order valence-corrected chi connectivity index (χ0v) is 15.2. The van der Waals surface area contributed by atoms with Crippen LogP contribution in [0.3, 0.4) is 0 Å². The van der Waals surface area contributed by atoms with E-state index >= 15 is 0 Å². The van der Waals surface area contributed by atoms with E-state index in [-0.39, 0.29) is 28.8 Å². The van der Waals surface area contributed by atoms with Crippen molar-refractivity contribution >= 4 is 17.6 Å². The molecule has 1 aliphatic carbocycles. The SMILES string of the molecule is NC(=O)c1ccnc(NC(=O)C2CC2)c1-c1cncc(-c2ccc(F)cc2F)c1. The molecule has 0 radical (unpaired) electrons. The molecule has 6 nitrogen and oxygen atoms in total. The highest BCUT2D eigenvalue weighted by atomic mass is 19.1. The smallest absolute Gasteiger partial charge is 0.249 e. The number of benzene rings is 1. The highest BCUT2D eigenvalue weighted by Gasteiger charge is 2.31. The van der Waals surface area contributed by atoms with E-state index in [1.54, 1.807) is 6.07 Å². The first kappa shape index (κ1) is 18.7. The van der Waals surface area contributed by atoms with E-state index in [2.05, 4.69) is 15.3 Å². The number of amides is 2. The largest absolute Gasteiger partial charge is 0.366 e. The zero-order valence-electron chi connectivity index (χ0n) is 15.2. The van der Waals surface area contributed by atoms with Gasteiger partial charge in [0.1, 0.15) is 17.5 Å². The molecular formula is C21H16F2N4O2. The van der Waals surface area contributed by atoms with Crippen LogP contribution in [0.15, 0.2) is 48.9 Å². The number of anilines is 1. The fourth-order valence-corrected chi connectivity index (χ4v) is 3.07. The van der Waals surface area contributed by atoms with Crippen LogP contribution in [0.1, 0.15) is 23.2 Å². The maximum Gasteiger partial charge on any atom is 0.249 e. The molecule has 8 heteroatoms. The van der Waals surface area contributed by atoms with Crippen molar-refractivity contribution in [3.05, 3.63) is 66.1 Å². The standard InChI is InChI=1S/C21H16F2N4O2/c22-14-3-4-15(17(23)8-14)12-7-13(10-25-9-12)18-16(19(24)28)5-6-26-20(18)27-21(29)11-1-2-11/h3-11H,1-2H2,(H2,24,28)(H,26,27,29). The lowest BCUT2D eigenvalue weighted by atomic mass is 9.98. The van der Waals surface area contributed by atoms with Crippen LogP contribution < -0.4 is 11.1 Å². The molecule has 4 rings (SSSR count). The van der Waals surface area contributed by atoms with Crippen molar-refractivity contribution in [1.29, 1.82) is 0 Å². The number of halogens is 2. The topological polar surface area (TPSA) is 98.0 Å². The molecular weight excluding hydrogens is 378 g/mol. The number of aromatic nitrogens is 2. The Morgan fingerprint density at radius 3 is 2.52 bits per heavy atom. The van der Waals surface area contributed by atoms with Gasteiger partial charge in [-0.15, -0.1) is 0 Å². The van der Waals surface area contributed by atoms with Gasteiger partial charge in [0.25, 0.3) is 0 Å². The Kier molecular flexibility index (Phi) is 4.75. The van der Waals surface area contributed by atoms with Crippen molar-refractivity contribution in [3.63, 3.8) is 0 Å². The Morgan fingerprint density at radius 2 is 1.83 bits per heavy atom. The number of carbonyl (C=O) groups excluding carboxylic acids is 2. The van der Waals surface area contributed by atoms with Crippen LogP contribution in [0.4, 0.5) is 14.6 Å². The molecule has 1 saturated carbocycles. The Balaban J connectivity index is 1.83. The number of hydrogen-bond donors (Lipinski definition) is 2. The van der Waals surface area contributed by atoms with Crippen molar-refractivity contribution in [2.75, 3.05) is 5.32 Å². The predicted molar refractivity (Wildman–Crippen MR) is 103 cm³/mol. The molecule has 2 aromatic heterocycles. The molecule has 1 fully saturated rings. The van der Waals surface area contributed by atoms with Gasteiger partial charge in [-0.05, 0) is 37.1 Å². The average molecular weight is 394 g/mol. The van der Waals surface area contributed by atoms with E-state index in [9.17, 15) is 18.4 Å². The quantitative estimate of drug-likeness (QED) is 0.692. The van der Waals surface area contributed by atoms with Gasteiger partial charge in [-0.25, -0.2) is 13.8 Å². The number of nitrogens with two attached hydrogens (primary N) is 1. The summed E-state index contributed by atoms with van der Waals surface area (Å²) in [6.45, 7) is 0. The van der Waals surface area contributed by atoms with E-state index in [0.717, 1.165) is 25.0 Å². The molecule has 0 unspecified atom stereocenters. The summed E-state index contributed by atoms with van der Waals surface area (Å²) in [7, 11) is 0. The number of pyridine rings is 2. The van der Waals surface area contributed by atoms with Crippen LogP contribution in [0.25, 0.3) is 22.3 Å². The second-order valence-corrected chi connectivity index (χ2v) is 6.80. The summed E-state index contributed by atoms with van der Waals surface area (Å²) in [5, 5.41) is 2.74. The number of primary amides is 1. The normalized spacial score (nSPS) is 13.2. The van der Waals surface area contributed by atoms with Gasteiger partial charge in [-0.2, -0.15) is 0 Å². The third-order valence-electron chi connectivity index (χ3n) is 4.68. The summed E-state index contributed by atoms with van der Waals surface area (Å²) in [4.78, 5) is 32.5. The molecule has 2 amide bonds. The van der Waals surface area contributed by atoms with E-state index < -0.39 is 17.5 Å². The summed E-state index contributed by atoms with van der Waals surface area (Å²) < 4.78 is 27.5. The maximum absolute atomic E-state index is 14.2. The molecule has 0 atom stereocenters. The fraction of sp³-hybridized carbons (Fsp3) is 0.143. The third-order valence-corrected chi connectivity index (χ3v) is 4.68. The van der Waals surface area contributed by atoms with Crippen LogP contribution in [0, 0.1) is 17.6 Å². The van der Waals surface area contributed by atoms with Crippen LogP contribution in [-0.4, -0.2) is 21.8 Å².